The van der Waals surface area contributed by atoms with Gasteiger partial charge in [0.15, 0.2) is 0 Å². The molecule has 0 saturated heterocycles. The number of aliphatic carboxylic acids is 1. The van der Waals surface area contributed by atoms with Crippen LogP contribution in [0.25, 0.3) is 5.57 Å². The normalized spacial score (nSPS) is 28.1. The zero-order valence-electron chi connectivity index (χ0n) is 11.6. The number of aryl methyl sites for hydroxylation is 1. The zero-order valence-corrected chi connectivity index (χ0v) is 11.6. The standard InChI is InChI=1S/C16H18O4/c1-16-6-5-9-7-10(20-2)3-4-11(9)14(16)12(15(18)19)8-13(16)17/h3-4,7,13,17H,5-6,8H2,1-2H3,(H,18,19)/t13-,16-/m0/s1. The number of hydrogen-bond acceptors (Lipinski definition) is 3. The molecule has 0 aromatic heterocycles. The molecule has 0 spiro atoms. The number of aliphatic hydroxyl groups excluding tert-OH is 1. The number of benzene rings is 1. The van der Waals surface area contributed by atoms with Crippen LogP contribution in [0.5, 0.6) is 5.75 Å². The summed E-state index contributed by atoms with van der Waals surface area (Å²) in [5.41, 5.74) is 2.76. The third-order valence-electron chi connectivity index (χ3n) is 4.76. The van der Waals surface area contributed by atoms with Crippen LogP contribution in [0.1, 0.15) is 30.9 Å². The van der Waals surface area contributed by atoms with Crippen molar-refractivity contribution < 1.29 is 19.7 Å². The Morgan fingerprint density at radius 1 is 1.45 bits per heavy atom. The number of hydrogen-bond donors (Lipinski definition) is 2. The molecule has 0 aliphatic heterocycles. The van der Waals surface area contributed by atoms with Crippen LogP contribution >= 0.6 is 0 Å². The van der Waals surface area contributed by atoms with Crippen molar-refractivity contribution in [3.63, 3.8) is 0 Å². The minimum atomic E-state index is -0.925. The van der Waals surface area contributed by atoms with Crippen molar-refractivity contribution in [3.05, 3.63) is 34.9 Å². The van der Waals surface area contributed by atoms with Crippen molar-refractivity contribution in [2.75, 3.05) is 7.11 Å². The second-order valence-corrected chi connectivity index (χ2v) is 5.82. The summed E-state index contributed by atoms with van der Waals surface area (Å²) in [6, 6.07) is 5.73. The number of carboxylic acid groups (broad SMARTS) is 1. The van der Waals surface area contributed by atoms with Gasteiger partial charge < -0.3 is 14.9 Å². The van der Waals surface area contributed by atoms with Gasteiger partial charge in [0.05, 0.1) is 13.2 Å². The van der Waals surface area contributed by atoms with Crippen LogP contribution in [0.2, 0.25) is 0 Å². The van der Waals surface area contributed by atoms with Gasteiger partial charge >= 0.3 is 5.97 Å². The average molecular weight is 274 g/mol. The number of rotatable bonds is 2. The summed E-state index contributed by atoms with van der Waals surface area (Å²) in [4.78, 5) is 11.5. The van der Waals surface area contributed by atoms with Crippen LogP contribution in [-0.2, 0) is 11.2 Å². The topological polar surface area (TPSA) is 66.8 Å². The van der Waals surface area contributed by atoms with E-state index in [-0.39, 0.29) is 6.42 Å². The van der Waals surface area contributed by atoms with Crippen molar-refractivity contribution in [1.29, 1.82) is 0 Å². The van der Waals surface area contributed by atoms with Crippen molar-refractivity contribution in [1.82, 2.24) is 0 Å². The van der Waals surface area contributed by atoms with E-state index in [1.165, 1.54) is 0 Å². The van der Waals surface area contributed by atoms with Crippen molar-refractivity contribution in [2.45, 2.75) is 32.3 Å². The van der Waals surface area contributed by atoms with Gasteiger partial charge in [0.1, 0.15) is 5.75 Å². The number of aliphatic hydroxyl groups is 1. The Morgan fingerprint density at radius 2 is 2.20 bits per heavy atom. The van der Waals surface area contributed by atoms with Gasteiger partial charge in [-0.2, -0.15) is 0 Å². The van der Waals surface area contributed by atoms with E-state index in [1.54, 1.807) is 7.11 Å². The molecule has 2 aliphatic carbocycles. The quantitative estimate of drug-likeness (QED) is 0.868. The SMILES string of the molecule is COc1ccc2c(c1)CC[C@]1(C)C2=C(C(=O)O)C[C@@H]1O. The number of carboxylic acids is 1. The van der Waals surface area contributed by atoms with E-state index in [1.807, 2.05) is 25.1 Å². The molecule has 106 valence electrons. The Bertz CT molecular complexity index is 617. The Hall–Kier alpha value is -1.81. The van der Waals surface area contributed by atoms with Crippen LogP contribution in [-0.4, -0.2) is 29.4 Å². The Kier molecular flexibility index (Phi) is 2.87. The minimum Gasteiger partial charge on any atom is -0.497 e. The molecule has 0 saturated carbocycles. The van der Waals surface area contributed by atoms with Crippen molar-refractivity contribution in [2.24, 2.45) is 5.41 Å². The lowest BCUT2D eigenvalue weighted by atomic mass is 9.68. The van der Waals surface area contributed by atoms with Crippen LogP contribution in [0.15, 0.2) is 23.8 Å². The first-order chi connectivity index (χ1) is 9.47. The Morgan fingerprint density at radius 3 is 2.85 bits per heavy atom. The maximum atomic E-state index is 11.5. The third-order valence-corrected chi connectivity index (χ3v) is 4.76. The van der Waals surface area contributed by atoms with Gasteiger partial charge in [-0.05, 0) is 41.7 Å². The summed E-state index contributed by atoms with van der Waals surface area (Å²) in [6.45, 7) is 1.97. The maximum absolute atomic E-state index is 11.5. The van der Waals surface area contributed by atoms with E-state index in [0.29, 0.717) is 5.57 Å². The lowest BCUT2D eigenvalue weighted by molar-refractivity contribution is -0.132. The molecule has 2 aliphatic rings. The van der Waals surface area contributed by atoms with E-state index < -0.39 is 17.5 Å². The number of carbonyl (C=O) groups is 1. The zero-order chi connectivity index (χ0) is 14.5. The smallest absolute Gasteiger partial charge is 0.331 e. The second-order valence-electron chi connectivity index (χ2n) is 5.82. The molecule has 0 amide bonds. The molecular weight excluding hydrogens is 256 g/mol. The lowest BCUT2D eigenvalue weighted by Gasteiger charge is -2.37. The molecule has 0 fully saturated rings. The third kappa shape index (κ3) is 1.68. The first-order valence-electron chi connectivity index (χ1n) is 6.79. The number of ether oxygens (including phenoxy) is 1. The summed E-state index contributed by atoms with van der Waals surface area (Å²) in [5.74, 6) is -0.144. The van der Waals surface area contributed by atoms with Crippen LogP contribution in [0.3, 0.4) is 0 Å². The largest absolute Gasteiger partial charge is 0.497 e. The summed E-state index contributed by atoms with van der Waals surface area (Å²) < 4.78 is 5.23. The molecular formula is C16H18O4. The number of fused-ring (bicyclic) bond motifs is 3. The minimum absolute atomic E-state index is 0.229. The molecule has 3 rings (SSSR count). The highest BCUT2D eigenvalue weighted by Gasteiger charge is 2.48. The highest BCUT2D eigenvalue weighted by atomic mass is 16.5. The van der Waals surface area contributed by atoms with Gasteiger partial charge in [0.2, 0.25) is 0 Å². The average Bonchev–Trinajstić information content (AvgIpc) is 2.71. The second kappa shape index (κ2) is 4.35. The molecule has 1 aromatic rings. The molecule has 1 aromatic carbocycles. The predicted molar refractivity (Wildman–Crippen MR) is 74.6 cm³/mol. The van der Waals surface area contributed by atoms with Crippen molar-refractivity contribution in [3.8, 4) is 5.75 Å². The van der Waals surface area contributed by atoms with Gasteiger partial charge in [-0.15, -0.1) is 0 Å². The van der Waals surface area contributed by atoms with E-state index >= 15 is 0 Å². The highest BCUT2D eigenvalue weighted by molar-refractivity contribution is 6.00. The predicted octanol–water partition coefficient (Wildman–Crippen LogP) is 2.25. The molecule has 0 heterocycles. The van der Waals surface area contributed by atoms with Gasteiger partial charge in [0, 0.05) is 17.4 Å². The molecule has 20 heavy (non-hydrogen) atoms. The lowest BCUT2D eigenvalue weighted by Crippen LogP contribution is -2.32. The first-order valence-corrected chi connectivity index (χ1v) is 6.79. The highest BCUT2D eigenvalue weighted by Crippen LogP contribution is 2.55. The molecule has 0 bridgehead atoms. The Labute approximate surface area is 117 Å². The summed E-state index contributed by atoms with van der Waals surface area (Å²) in [7, 11) is 1.62. The van der Waals surface area contributed by atoms with Crippen LogP contribution in [0.4, 0.5) is 0 Å². The monoisotopic (exact) mass is 274 g/mol. The number of methoxy groups -OCH3 is 1. The fourth-order valence-corrected chi connectivity index (χ4v) is 3.53. The van der Waals surface area contributed by atoms with Gasteiger partial charge in [-0.3, -0.25) is 0 Å². The van der Waals surface area contributed by atoms with E-state index in [0.717, 1.165) is 35.3 Å². The molecule has 4 nitrogen and oxygen atoms in total. The summed E-state index contributed by atoms with van der Waals surface area (Å²) >= 11 is 0. The Balaban J connectivity index is 2.22. The first kappa shape index (κ1) is 13.2. The van der Waals surface area contributed by atoms with E-state index in [2.05, 4.69) is 0 Å². The summed E-state index contributed by atoms with van der Waals surface area (Å²) in [5, 5.41) is 19.7. The van der Waals surface area contributed by atoms with E-state index in [9.17, 15) is 15.0 Å². The van der Waals surface area contributed by atoms with Gasteiger partial charge in [-0.1, -0.05) is 13.0 Å². The molecule has 2 atom stereocenters. The summed E-state index contributed by atoms with van der Waals surface area (Å²) in [6.07, 6.45) is 1.21. The maximum Gasteiger partial charge on any atom is 0.331 e. The molecule has 2 N–H and O–H groups in total. The van der Waals surface area contributed by atoms with Crippen LogP contribution in [0, 0.1) is 5.41 Å². The molecule has 4 heteroatoms. The fraction of sp³-hybridized carbons (Fsp3) is 0.438. The van der Waals surface area contributed by atoms with Gasteiger partial charge in [-0.25, -0.2) is 4.79 Å². The van der Waals surface area contributed by atoms with E-state index in [4.69, 9.17) is 4.74 Å². The fourth-order valence-electron chi connectivity index (χ4n) is 3.53. The van der Waals surface area contributed by atoms with Gasteiger partial charge in [0.25, 0.3) is 0 Å². The molecule has 0 unspecified atom stereocenters. The van der Waals surface area contributed by atoms with Crippen molar-refractivity contribution >= 4 is 11.5 Å². The van der Waals surface area contributed by atoms with Crippen LogP contribution < -0.4 is 4.74 Å². The molecule has 0 radical (unpaired) electrons.